The number of carboxylic acid groups (broad SMARTS) is 1. The van der Waals surface area contributed by atoms with Crippen LogP contribution in [-0.2, 0) is 0 Å². The first-order chi connectivity index (χ1) is 7.15. The van der Waals surface area contributed by atoms with Crippen LogP contribution in [0.25, 0.3) is 0 Å². The first-order valence-corrected chi connectivity index (χ1v) is 5.21. The van der Waals surface area contributed by atoms with Crippen molar-refractivity contribution in [2.45, 2.75) is 6.42 Å². The molecule has 1 N–H and O–H groups in total. The third-order valence-electron chi connectivity index (χ3n) is 1.75. The van der Waals surface area contributed by atoms with Gasteiger partial charge in [-0.15, -0.1) is 6.58 Å². The van der Waals surface area contributed by atoms with Crippen LogP contribution in [0.5, 0.6) is 5.75 Å². The summed E-state index contributed by atoms with van der Waals surface area (Å²) in [6.07, 6.45) is 2.41. The van der Waals surface area contributed by atoms with Crippen molar-refractivity contribution >= 4 is 21.9 Å². The lowest BCUT2D eigenvalue weighted by molar-refractivity contribution is 0.0692. The summed E-state index contributed by atoms with van der Waals surface area (Å²) in [5, 5.41) is 8.90. The zero-order valence-corrected chi connectivity index (χ0v) is 9.66. The van der Waals surface area contributed by atoms with Gasteiger partial charge in [-0.3, -0.25) is 0 Å². The molecule has 15 heavy (non-hydrogen) atoms. The Morgan fingerprint density at radius 1 is 1.60 bits per heavy atom. The van der Waals surface area contributed by atoms with Crippen molar-refractivity contribution in [1.82, 2.24) is 0 Å². The van der Waals surface area contributed by atoms with Crippen molar-refractivity contribution in [3.63, 3.8) is 0 Å². The van der Waals surface area contributed by atoms with Gasteiger partial charge >= 0.3 is 5.97 Å². The lowest BCUT2D eigenvalue weighted by atomic mass is 10.2. The predicted octanol–water partition coefficient (Wildman–Crippen LogP) is 3.10. The average molecular weight is 271 g/mol. The van der Waals surface area contributed by atoms with Gasteiger partial charge in [0, 0.05) is 4.47 Å². The Hall–Kier alpha value is -1.29. The third-order valence-corrected chi connectivity index (χ3v) is 2.25. The number of carboxylic acids is 1. The molecule has 0 atom stereocenters. The monoisotopic (exact) mass is 270 g/mol. The Bertz CT molecular complexity index is 374. The largest absolute Gasteiger partial charge is 0.492 e. The van der Waals surface area contributed by atoms with Gasteiger partial charge in [0.25, 0.3) is 0 Å². The van der Waals surface area contributed by atoms with E-state index in [0.717, 1.165) is 4.47 Å². The van der Waals surface area contributed by atoms with Crippen LogP contribution >= 0.6 is 15.9 Å². The molecular formula is C11H11BrO3. The van der Waals surface area contributed by atoms with E-state index in [1.165, 1.54) is 6.07 Å². The van der Waals surface area contributed by atoms with Crippen molar-refractivity contribution in [2.75, 3.05) is 6.61 Å². The van der Waals surface area contributed by atoms with Gasteiger partial charge in [0.1, 0.15) is 11.3 Å². The molecule has 0 aliphatic rings. The molecule has 0 heterocycles. The highest BCUT2D eigenvalue weighted by Gasteiger charge is 2.10. The highest BCUT2D eigenvalue weighted by Crippen LogP contribution is 2.23. The lowest BCUT2D eigenvalue weighted by Crippen LogP contribution is -2.03. The number of benzene rings is 1. The lowest BCUT2D eigenvalue weighted by Gasteiger charge is -2.08. The maximum atomic E-state index is 10.9. The standard InChI is InChI=1S/C11H11BrO3/c1-2-3-6-15-10-7-8(12)4-5-9(10)11(13)14/h2,4-5,7H,1,3,6H2,(H,13,14). The molecule has 0 saturated heterocycles. The fourth-order valence-corrected chi connectivity index (χ4v) is 1.38. The van der Waals surface area contributed by atoms with Gasteiger partial charge in [-0.2, -0.15) is 0 Å². The van der Waals surface area contributed by atoms with E-state index in [2.05, 4.69) is 22.5 Å². The summed E-state index contributed by atoms with van der Waals surface area (Å²) in [7, 11) is 0. The maximum absolute atomic E-state index is 10.9. The molecule has 0 aliphatic heterocycles. The minimum absolute atomic E-state index is 0.169. The molecule has 0 aliphatic carbocycles. The molecule has 0 aromatic heterocycles. The molecule has 0 bridgehead atoms. The minimum atomic E-state index is -0.990. The topological polar surface area (TPSA) is 46.5 Å². The van der Waals surface area contributed by atoms with Crippen LogP contribution in [0.1, 0.15) is 16.8 Å². The van der Waals surface area contributed by atoms with Crippen LogP contribution in [0.3, 0.4) is 0 Å². The molecule has 4 heteroatoms. The molecule has 3 nitrogen and oxygen atoms in total. The van der Waals surface area contributed by atoms with Crippen LogP contribution in [0, 0.1) is 0 Å². The molecule has 80 valence electrons. The van der Waals surface area contributed by atoms with E-state index in [4.69, 9.17) is 9.84 Å². The van der Waals surface area contributed by atoms with E-state index in [1.807, 2.05) is 0 Å². The summed E-state index contributed by atoms with van der Waals surface area (Å²) in [4.78, 5) is 10.9. The number of hydrogen-bond donors (Lipinski definition) is 1. The SMILES string of the molecule is C=CCCOc1cc(Br)ccc1C(=O)O. The van der Waals surface area contributed by atoms with Crippen molar-refractivity contribution in [3.8, 4) is 5.75 Å². The van der Waals surface area contributed by atoms with Gasteiger partial charge < -0.3 is 9.84 Å². The summed E-state index contributed by atoms with van der Waals surface area (Å²) in [5.41, 5.74) is 0.169. The first kappa shape index (κ1) is 11.8. The summed E-state index contributed by atoms with van der Waals surface area (Å²) in [5.74, 6) is -0.616. The van der Waals surface area contributed by atoms with E-state index in [0.29, 0.717) is 18.8 Å². The summed E-state index contributed by atoms with van der Waals surface area (Å²) >= 11 is 3.26. The molecule has 0 fully saturated rings. The molecular weight excluding hydrogens is 260 g/mol. The minimum Gasteiger partial charge on any atom is -0.492 e. The predicted molar refractivity (Wildman–Crippen MR) is 61.4 cm³/mol. The van der Waals surface area contributed by atoms with Gasteiger partial charge in [-0.05, 0) is 24.6 Å². The number of halogens is 1. The Balaban J connectivity index is 2.86. The van der Waals surface area contributed by atoms with E-state index >= 15 is 0 Å². The van der Waals surface area contributed by atoms with Crippen LogP contribution in [0.2, 0.25) is 0 Å². The first-order valence-electron chi connectivity index (χ1n) is 4.41. The zero-order chi connectivity index (χ0) is 11.3. The van der Waals surface area contributed by atoms with Gasteiger partial charge in [-0.1, -0.05) is 22.0 Å². The fraction of sp³-hybridized carbons (Fsp3) is 0.182. The molecule has 1 aromatic carbocycles. The Labute approximate surface area is 96.5 Å². The Morgan fingerprint density at radius 2 is 2.33 bits per heavy atom. The smallest absolute Gasteiger partial charge is 0.339 e. The van der Waals surface area contributed by atoms with Crippen LogP contribution in [-0.4, -0.2) is 17.7 Å². The molecule has 0 saturated carbocycles. The highest BCUT2D eigenvalue weighted by molar-refractivity contribution is 9.10. The van der Waals surface area contributed by atoms with Gasteiger partial charge in [-0.25, -0.2) is 4.79 Å². The average Bonchev–Trinajstić information content (AvgIpc) is 2.18. The number of aromatic carboxylic acids is 1. The normalized spacial score (nSPS) is 9.67. The van der Waals surface area contributed by atoms with Crippen LogP contribution < -0.4 is 4.74 Å². The molecule has 0 amide bonds. The zero-order valence-electron chi connectivity index (χ0n) is 8.07. The molecule has 1 aromatic rings. The highest BCUT2D eigenvalue weighted by atomic mass is 79.9. The van der Waals surface area contributed by atoms with E-state index in [-0.39, 0.29) is 5.56 Å². The van der Waals surface area contributed by atoms with Crippen molar-refractivity contribution in [1.29, 1.82) is 0 Å². The molecule has 1 rings (SSSR count). The number of carbonyl (C=O) groups is 1. The molecule has 0 radical (unpaired) electrons. The molecule has 0 unspecified atom stereocenters. The van der Waals surface area contributed by atoms with Crippen molar-refractivity contribution in [2.24, 2.45) is 0 Å². The van der Waals surface area contributed by atoms with E-state index in [9.17, 15) is 4.79 Å². The second-order valence-corrected chi connectivity index (χ2v) is 3.79. The van der Waals surface area contributed by atoms with Crippen molar-refractivity contribution in [3.05, 3.63) is 40.9 Å². The third kappa shape index (κ3) is 3.40. The molecule has 0 spiro atoms. The Kier molecular flexibility index (Phi) is 4.37. The fourth-order valence-electron chi connectivity index (χ4n) is 1.04. The van der Waals surface area contributed by atoms with Crippen LogP contribution in [0.15, 0.2) is 35.3 Å². The van der Waals surface area contributed by atoms with Crippen LogP contribution in [0.4, 0.5) is 0 Å². The van der Waals surface area contributed by atoms with E-state index < -0.39 is 5.97 Å². The number of ether oxygens (including phenoxy) is 1. The summed E-state index contributed by atoms with van der Waals surface area (Å²) in [6, 6.07) is 4.83. The van der Waals surface area contributed by atoms with Gasteiger partial charge in [0.05, 0.1) is 6.61 Å². The number of rotatable bonds is 5. The summed E-state index contributed by atoms with van der Waals surface area (Å²) in [6.45, 7) is 3.99. The summed E-state index contributed by atoms with van der Waals surface area (Å²) < 4.78 is 6.13. The maximum Gasteiger partial charge on any atom is 0.339 e. The second kappa shape index (κ2) is 5.56. The van der Waals surface area contributed by atoms with Gasteiger partial charge in [0.15, 0.2) is 0 Å². The quantitative estimate of drug-likeness (QED) is 0.661. The number of hydrogen-bond acceptors (Lipinski definition) is 2. The second-order valence-electron chi connectivity index (χ2n) is 2.87. The Morgan fingerprint density at radius 3 is 2.93 bits per heavy atom. The van der Waals surface area contributed by atoms with Crippen molar-refractivity contribution < 1.29 is 14.6 Å². The van der Waals surface area contributed by atoms with Gasteiger partial charge in [0.2, 0.25) is 0 Å². The van der Waals surface area contributed by atoms with E-state index in [1.54, 1.807) is 18.2 Å².